The fourth-order valence-corrected chi connectivity index (χ4v) is 1.82. The summed E-state index contributed by atoms with van der Waals surface area (Å²) in [7, 11) is 0. The molecule has 0 saturated carbocycles. The topological polar surface area (TPSA) is 20.3 Å². The summed E-state index contributed by atoms with van der Waals surface area (Å²) >= 11 is 5.90. The first-order valence-electron chi connectivity index (χ1n) is 4.78. The normalized spacial score (nSPS) is 27.9. The Balaban J connectivity index is 2.48. The second-order valence-electron chi connectivity index (χ2n) is 3.91. The summed E-state index contributed by atoms with van der Waals surface area (Å²) < 4.78 is 35.9. The van der Waals surface area contributed by atoms with Gasteiger partial charge in [-0.05, 0) is 12.3 Å². The average Bonchev–Trinajstić information content (AvgIpc) is 2.06. The highest BCUT2D eigenvalue weighted by Gasteiger charge is 2.35. The molecule has 0 spiro atoms. The fourth-order valence-electron chi connectivity index (χ4n) is 1.53. The maximum atomic E-state index is 12.0. The second kappa shape index (κ2) is 4.60. The predicted octanol–water partition coefficient (Wildman–Crippen LogP) is 2.41. The van der Waals surface area contributed by atoms with Crippen molar-refractivity contribution in [3.8, 4) is 0 Å². The first-order chi connectivity index (χ1) is 6.79. The van der Waals surface area contributed by atoms with Gasteiger partial charge in [0.25, 0.3) is 0 Å². The zero-order chi connectivity index (χ0) is 11.6. The highest BCUT2D eigenvalue weighted by Crippen LogP contribution is 2.25. The molecule has 6 heteroatoms. The highest BCUT2D eigenvalue weighted by molar-refractivity contribution is 6.21. The van der Waals surface area contributed by atoms with E-state index in [0.29, 0.717) is 13.0 Å². The van der Waals surface area contributed by atoms with Gasteiger partial charge in [-0.3, -0.25) is 4.79 Å². The molecular weight excluding hydrogens is 231 g/mol. The summed E-state index contributed by atoms with van der Waals surface area (Å²) in [6.45, 7) is 2.53. The lowest BCUT2D eigenvalue weighted by Gasteiger charge is -2.34. The summed E-state index contributed by atoms with van der Waals surface area (Å²) in [6.07, 6.45) is -5.15. The van der Waals surface area contributed by atoms with Crippen LogP contribution in [0.2, 0.25) is 0 Å². The third-order valence-electron chi connectivity index (χ3n) is 2.57. The Bertz CT molecular complexity index is 244. The lowest BCUT2D eigenvalue weighted by atomic mass is 9.98. The van der Waals surface area contributed by atoms with Gasteiger partial charge in [-0.15, -0.1) is 11.6 Å². The van der Waals surface area contributed by atoms with Crippen molar-refractivity contribution in [3.63, 3.8) is 0 Å². The fraction of sp³-hybridized carbons (Fsp3) is 0.889. The van der Waals surface area contributed by atoms with Crippen LogP contribution in [0, 0.1) is 5.92 Å². The molecule has 0 N–H and O–H groups in total. The van der Waals surface area contributed by atoms with Crippen molar-refractivity contribution < 1.29 is 18.0 Å². The first-order valence-corrected chi connectivity index (χ1v) is 5.22. The molecular formula is C9H13ClF3NO. The van der Waals surface area contributed by atoms with Crippen molar-refractivity contribution in [1.82, 2.24) is 4.90 Å². The van der Waals surface area contributed by atoms with Gasteiger partial charge in [-0.25, -0.2) is 0 Å². The van der Waals surface area contributed by atoms with Crippen LogP contribution in [0.5, 0.6) is 0 Å². The molecule has 1 saturated heterocycles. The first kappa shape index (κ1) is 12.6. The Morgan fingerprint density at radius 1 is 1.53 bits per heavy atom. The number of hydrogen-bond acceptors (Lipinski definition) is 1. The van der Waals surface area contributed by atoms with E-state index in [1.165, 1.54) is 4.90 Å². The third-order valence-corrected chi connectivity index (χ3v) is 3.14. The summed E-state index contributed by atoms with van der Waals surface area (Å²) in [5, 5.41) is -0.240. The SMILES string of the molecule is CC1CCN(C(=O)CC(F)(F)F)CC1Cl. The van der Waals surface area contributed by atoms with Gasteiger partial charge in [0.2, 0.25) is 5.91 Å². The van der Waals surface area contributed by atoms with Crippen LogP contribution >= 0.6 is 11.6 Å². The Hall–Kier alpha value is -0.450. The molecule has 1 aliphatic rings. The van der Waals surface area contributed by atoms with Crippen LogP contribution in [0.1, 0.15) is 19.8 Å². The molecule has 1 heterocycles. The molecule has 2 unspecified atom stereocenters. The van der Waals surface area contributed by atoms with Crippen molar-refractivity contribution in [1.29, 1.82) is 0 Å². The van der Waals surface area contributed by atoms with Crippen molar-refractivity contribution >= 4 is 17.5 Å². The molecule has 0 bridgehead atoms. The quantitative estimate of drug-likeness (QED) is 0.648. The molecule has 0 aliphatic carbocycles. The number of likely N-dealkylation sites (tertiary alicyclic amines) is 1. The third kappa shape index (κ3) is 3.89. The maximum absolute atomic E-state index is 12.0. The van der Waals surface area contributed by atoms with E-state index in [2.05, 4.69) is 0 Å². The van der Waals surface area contributed by atoms with Gasteiger partial charge in [-0.2, -0.15) is 13.2 Å². The molecule has 1 rings (SSSR count). The van der Waals surface area contributed by atoms with Crippen molar-refractivity contribution in [2.75, 3.05) is 13.1 Å². The number of rotatable bonds is 1. The summed E-state index contributed by atoms with van der Waals surface area (Å²) in [6, 6.07) is 0. The lowest BCUT2D eigenvalue weighted by molar-refractivity contribution is -0.162. The van der Waals surface area contributed by atoms with E-state index < -0.39 is 18.5 Å². The van der Waals surface area contributed by atoms with Gasteiger partial charge in [0.1, 0.15) is 6.42 Å². The number of halogens is 4. The lowest BCUT2D eigenvalue weighted by Crippen LogP contribution is -2.44. The standard InChI is InChI=1S/C9H13ClF3NO/c1-6-2-3-14(5-7(6)10)8(15)4-9(11,12)13/h6-7H,2-5H2,1H3. The molecule has 2 nitrogen and oxygen atoms in total. The summed E-state index contributed by atoms with van der Waals surface area (Å²) in [5.74, 6) is -0.623. The second-order valence-corrected chi connectivity index (χ2v) is 4.47. The summed E-state index contributed by atoms with van der Waals surface area (Å²) in [5.41, 5.74) is 0. The molecule has 88 valence electrons. The zero-order valence-corrected chi connectivity index (χ0v) is 9.11. The molecule has 0 radical (unpaired) electrons. The molecule has 1 amide bonds. The van der Waals surface area contributed by atoms with Gasteiger partial charge in [0.05, 0.1) is 5.38 Å². The Morgan fingerprint density at radius 3 is 2.60 bits per heavy atom. The van der Waals surface area contributed by atoms with Crippen LogP contribution in [0.15, 0.2) is 0 Å². The molecule has 2 atom stereocenters. The van der Waals surface area contributed by atoms with E-state index in [9.17, 15) is 18.0 Å². The number of amides is 1. The number of alkyl halides is 4. The predicted molar refractivity (Wildman–Crippen MR) is 50.7 cm³/mol. The minimum atomic E-state index is -4.43. The van der Waals surface area contributed by atoms with E-state index in [4.69, 9.17) is 11.6 Å². The number of piperidine rings is 1. The molecule has 0 aromatic carbocycles. The number of carbonyl (C=O) groups is 1. The van der Waals surface area contributed by atoms with Crippen molar-refractivity contribution in [2.45, 2.75) is 31.3 Å². The van der Waals surface area contributed by atoms with Crippen LogP contribution in [-0.4, -0.2) is 35.4 Å². The van der Waals surface area contributed by atoms with Crippen LogP contribution in [0.3, 0.4) is 0 Å². The average molecular weight is 244 g/mol. The van der Waals surface area contributed by atoms with E-state index in [-0.39, 0.29) is 17.8 Å². The number of nitrogens with zero attached hydrogens (tertiary/aromatic N) is 1. The van der Waals surface area contributed by atoms with E-state index in [1.54, 1.807) is 0 Å². The largest absolute Gasteiger partial charge is 0.397 e. The van der Waals surface area contributed by atoms with Gasteiger partial charge < -0.3 is 4.90 Å². The van der Waals surface area contributed by atoms with Crippen LogP contribution in [-0.2, 0) is 4.79 Å². The maximum Gasteiger partial charge on any atom is 0.397 e. The Morgan fingerprint density at radius 2 is 2.13 bits per heavy atom. The Labute approximate surface area is 91.4 Å². The monoisotopic (exact) mass is 243 g/mol. The molecule has 1 fully saturated rings. The minimum Gasteiger partial charge on any atom is -0.341 e. The van der Waals surface area contributed by atoms with Gasteiger partial charge >= 0.3 is 6.18 Å². The number of hydrogen-bond donors (Lipinski definition) is 0. The minimum absolute atomic E-state index is 0.220. The van der Waals surface area contributed by atoms with Gasteiger partial charge in [-0.1, -0.05) is 6.92 Å². The highest BCUT2D eigenvalue weighted by atomic mass is 35.5. The molecule has 15 heavy (non-hydrogen) atoms. The van der Waals surface area contributed by atoms with Gasteiger partial charge in [0.15, 0.2) is 0 Å². The van der Waals surface area contributed by atoms with Crippen LogP contribution in [0.25, 0.3) is 0 Å². The molecule has 0 aromatic heterocycles. The van der Waals surface area contributed by atoms with Crippen molar-refractivity contribution in [3.05, 3.63) is 0 Å². The number of carbonyl (C=O) groups excluding carboxylic acids is 1. The molecule has 0 aromatic rings. The smallest absolute Gasteiger partial charge is 0.341 e. The summed E-state index contributed by atoms with van der Waals surface area (Å²) in [4.78, 5) is 12.4. The van der Waals surface area contributed by atoms with E-state index in [1.807, 2.05) is 6.92 Å². The van der Waals surface area contributed by atoms with Crippen molar-refractivity contribution in [2.24, 2.45) is 5.92 Å². The Kier molecular flexibility index (Phi) is 3.87. The van der Waals surface area contributed by atoms with E-state index in [0.717, 1.165) is 0 Å². The van der Waals surface area contributed by atoms with Gasteiger partial charge in [0, 0.05) is 13.1 Å². The molecule has 1 aliphatic heterocycles. The van der Waals surface area contributed by atoms with E-state index >= 15 is 0 Å². The zero-order valence-electron chi connectivity index (χ0n) is 8.35. The van der Waals surface area contributed by atoms with Crippen LogP contribution < -0.4 is 0 Å². The van der Waals surface area contributed by atoms with Crippen LogP contribution in [0.4, 0.5) is 13.2 Å².